The van der Waals surface area contributed by atoms with Crippen LogP contribution in [0.4, 0.5) is 4.79 Å². The summed E-state index contributed by atoms with van der Waals surface area (Å²) in [6.07, 6.45) is 4.63. The smallest absolute Gasteiger partial charge is 0.410 e. The van der Waals surface area contributed by atoms with Crippen molar-refractivity contribution in [2.45, 2.75) is 56.9 Å². The first-order valence-corrected chi connectivity index (χ1v) is 7.33. The van der Waals surface area contributed by atoms with Gasteiger partial charge in [-0.1, -0.05) is 15.9 Å². The fourth-order valence-corrected chi connectivity index (χ4v) is 4.28. The number of ether oxygens (including phenoxy) is 1. The molecule has 0 N–H and O–H groups in total. The van der Waals surface area contributed by atoms with Gasteiger partial charge >= 0.3 is 6.09 Å². The Labute approximate surface area is 112 Å². The third-order valence-electron chi connectivity index (χ3n) is 3.62. The van der Waals surface area contributed by atoms with Crippen molar-refractivity contribution in [1.82, 2.24) is 4.90 Å². The number of rotatable bonds is 0. The molecule has 1 saturated carbocycles. The van der Waals surface area contributed by atoms with E-state index in [2.05, 4.69) is 15.9 Å². The first kappa shape index (κ1) is 13.2. The summed E-state index contributed by atoms with van der Waals surface area (Å²) in [7, 11) is 0. The molecule has 0 bridgehead atoms. The molecule has 0 atom stereocenters. The molecule has 1 saturated heterocycles. The van der Waals surface area contributed by atoms with Crippen LogP contribution < -0.4 is 0 Å². The van der Waals surface area contributed by atoms with Crippen LogP contribution in [0.5, 0.6) is 0 Å². The Morgan fingerprint density at radius 3 is 2.59 bits per heavy atom. The number of carbonyl (C=O) groups excluding carboxylic acids is 1. The molecule has 0 unspecified atom stereocenters. The number of alkyl halides is 1. The van der Waals surface area contributed by atoms with Crippen LogP contribution in [0.15, 0.2) is 0 Å². The molecule has 17 heavy (non-hydrogen) atoms. The Balaban J connectivity index is 1.91. The highest BCUT2D eigenvalue weighted by Gasteiger charge is 2.46. The largest absolute Gasteiger partial charge is 0.444 e. The lowest BCUT2D eigenvalue weighted by Gasteiger charge is -2.51. The summed E-state index contributed by atoms with van der Waals surface area (Å²) < 4.78 is 5.44. The van der Waals surface area contributed by atoms with Gasteiger partial charge in [-0.05, 0) is 51.9 Å². The fraction of sp³-hybridized carbons (Fsp3) is 0.923. The first-order chi connectivity index (χ1) is 7.80. The van der Waals surface area contributed by atoms with Crippen molar-refractivity contribution in [3.8, 4) is 0 Å². The zero-order chi connectivity index (χ0) is 12.7. The van der Waals surface area contributed by atoms with Crippen molar-refractivity contribution in [2.24, 2.45) is 5.41 Å². The van der Waals surface area contributed by atoms with E-state index in [4.69, 9.17) is 4.74 Å². The standard InChI is InChI=1S/C13H22BrNO2/c1-12(2,3)17-11(16)15-6-4-5-13(9-15)7-10(14)8-13/h10H,4-9H2,1-3H3. The Morgan fingerprint density at radius 1 is 1.41 bits per heavy atom. The third-order valence-corrected chi connectivity index (χ3v) is 4.27. The maximum absolute atomic E-state index is 12.0. The van der Waals surface area contributed by atoms with Crippen LogP contribution in [-0.4, -0.2) is 34.5 Å². The average molecular weight is 304 g/mol. The van der Waals surface area contributed by atoms with Gasteiger partial charge in [0.1, 0.15) is 5.60 Å². The van der Waals surface area contributed by atoms with Gasteiger partial charge in [-0.2, -0.15) is 0 Å². The molecular weight excluding hydrogens is 282 g/mol. The lowest BCUT2D eigenvalue weighted by molar-refractivity contribution is -0.0128. The van der Waals surface area contributed by atoms with Gasteiger partial charge in [0.2, 0.25) is 0 Å². The SMILES string of the molecule is CC(C)(C)OC(=O)N1CCCC2(CC(Br)C2)C1. The number of carbonyl (C=O) groups is 1. The number of halogens is 1. The normalized spacial score (nSPS) is 33.4. The van der Waals surface area contributed by atoms with E-state index in [1.165, 1.54) is 19.3 Å². The van der Waals surface area contributed by atoms with Crippen LogP contribution >= 0.6 is 15.9 Å². The summed E-state index contributed by atoms with van der Waals surface area (Å²) in [6.45, 7) is 7.49. The maximum Gasteiger partial charge on any atom is 0.410 e. The quantitative estimate of drug-likeness (QED) is 0.640. The Morgan fingerprint density at radius 2 is 2.06 bits per heavy atom. The van der Waals surface area contributed by atoms with Crippen molar-refractivity contribution in [3.05, 3.63) is 0 Å². The number of piperidine rings is 1. The molecule has 3 nitrogen and oxygen atoms in total. The minimum absolute atomic E-state index is 0.144. The zero-order valence-electron chi connectivity index (χ0n) is 11.0. The van der Waals surface area contributed by atoms with E-state index in [1.54, 1.807) is 0 Å². The van der Waals surface area contributed by atoms with Crippen molar-refractivity contribution >= 4 is 22.0 Å². The number of hydrogen-bond acceptors (Lipinski definition) is 2. The molecule has 2 fully saturated rings. The lowest BCUT2D eigenvalue weighted by atomic mass is 9.64. The van der Waals surface area contributed by atoms with E-state index in [-0.39, 0.29) is 11.7 Å². The Hall–Kier alpha value is -0.250. The fourth-order valence-electron chi connectivity index (χ4n) is 2.90. The minimum atomic E-state index is -0.390. The minimum Gasteiger partial charge on any atom is -0.444 e. The van der Waals surface area contributed by atoms with E-state index in [0.29, 0.717) is 10.2 Å². The molecule has 1 aliphatic heterocycles. The van der Waals surface area contributed by atoms with Crippen LogP contribution in [0, 0.1) is 5.41 Å². The molecule has 1 amide bonds. The topological polar surface area (TPSA) is 29.5 Å². The van der Waals surface area contributed by atoms with Crippen molar-refractivity contribution in [2.75, 3.05) is 13.1 Å². The molecule has 4 heteroatoms. The van der Waals surface area contributed by atoms with Gasteiger partial charge in [0, 0.05) is 17.9 Å². The maximum atomic E-state index is 12.0. The second-order valence-electron chi connectivity index (χ2n) is 6.51. The molecule has 98 valence electrons. The molecule has 2 aliphatic rings. The van der Waals surface area contributed by atoms with Crippen LogP contribution in [0.1, 0.15) is 46.5 Å². The van der Waals surface area contributed by atoms with Crippen LogP contribution in [0.2, 0.25) is 0 Å². The van der Waals surface area contributed by atoms with E-state index >= 15 is 0 Å². The van der Waals surface area contributed by atoms with E-state index < -0.39 is 0 Å². The highest BCUT2D eigenvalue weighted by atomic mass is 79.9. The second kappa shape index (κ2) is 4.45. The van der Waals surface area contributed by atoms with Gasteiger partial charge in [-0.25, -0.2) is 4.79 Å². The summed E-state index contributed by atoms with van der Waals surface area (Å²) in [5, 5.41) is 0. The Bertz CT molecular complexity index is 300. The van der Waals surface area contributed by atoms with Crippen LogP contribution in [-0.2, 0) is 4.74 Å². The summed E-state index contributed by atoms with van der Waals surface area (Å²) in [5.41, 5.74) is -0.0113. The number of likely N-dealkylation sites (tertiary alicyclic amines) is 1. The molecule has 0 aromatic carbocycles. The van der Waals surface area contributed by atoms with Crippen LogP contribution in [0.25, 0.3) is 0 Å². The summed E-state index contributed by atoms with van der Waals surface area (Å²) in [6, 6.07) is 0. The van der Waals surface area contributed by atoms with E-state index in [0.717, 1.165) is 19.5 Å². The van der Waals surface area contributed by atoms with Crippen molar-refractivity contribution in [1.29, 1.82) is 0 Å². The van der Waals surface area contributed by atoms with E-state index in [9.17, 15) is 4.79 Å². The summed E-state index contributed by atoms with van der Waals surface area (Å²) >= 11 is 3.64. The Kier molecular flexibility index (Phi) is 3.45. The van der Waals surface area contributed by atoms with Crippen molar-refractivity contribution in [3.63, 3.8) is 0 Å². The number of hydrogen-bond donors (Lipinski definition) is 0. The third kappa shape index (κ3) is 3.15. The summed E-state index contributed by atoms with van der Waals surface area (Å²) in [4.78, 5) is 14.6. The lowest BCUT2D eigenvalue weighted by Crippen LogP contribution is -2.53. The molecule has 1 heterocycles. The van der Waals surface area contributed by atoms with Gasteiger partial charge < -0.3 is 9.64 Å². The molecule has 1 spiro atoms. The van der Waals surface area contributed by atoms with Gasteiger partial charge in [0.25, 0.3) is 0 Å². The van der Waals surface area contributed by atoms with Gasteiger partial charge in [0.05, 0.1) is 0 Å². The van der Waals surface area contributed by atoms with E-state index in [1.807, 2.05) is 25.7 Å². The first-order valence-electron chi connectivity index (χ1n) is 6.42. The van der Waals surface area contributed by atoms with Gasteiger partial charge in [-0.3, -0.25) is 0 Å². The molecular formula is C13H22BrNO2. The summed E-state index contributed by atoms with van der Waals surface area (Å²) in [5.74, 6) is 0. The highest BCUT2D eigenvalue weighted by Crippen LogP contribution is 2.50. The molecule has 0 aromatic heterocycles. The van der Waals surface area contributed by atoms with Gasteiger partial charge in [-0.15, -0.1) is 0 Å². The predicted octanol–water partition coefficient (Wildman–Crippen LogP) is 3.56. The predicted molar refractivity (Wildman–Crippen MR) is 71.4 cm³/mol. The average Bonchev–Trinajstić information content (AvgIpc) is 2.13. The zero-order valence-corrected chi connectivity index (χ0v) is 12.5. The van der Waals surface area contributed by atoms with Crippen LogP contribution in [0.3, 0.4) is 0 Å². The number of nitrogens with zero attached hydrogens (tertiary/aromatic N) is 1. The highest BCUT2D eigenvalue weighted by molar-refractivity contribution is 9.09. The van der Waals surface area contributed by atoms with Gasteiger partial charge in [0.15, 0.2) is 0 Å². The monoisotopic (exact) mass is 303 g/mol. The molecule has 2 rings (SSSR count). The molecule has 0 aromatic rings. The molecule has 1 aliphatic carbocycles. The molecule has 0 radical (unpaired) electrons. The van der Waals surface area contributed by atoms with Crippen molar-refractivity contribution < 1.29 is 9.53 Å². The second-order valence-corrected chi connectivity index (χ2v) is 7.81. The number of amides is 1.